The maximum absolute atomic E-state index is 6.15. The molecular weight excluding hydrogens is 179 g/mol. The van der Waals surface area contributed by atoms with E-state index in [0.29, 0.717) is 5.92 Å². The smallest absolute Gasteiger partial charge is 0.0720 e. The van der Waals surface area contributed by atoms with Gasteiger partial charge in [0.1, 0.15) is 0 Å². The van der Waals surface area contributed by atoms with Crippen LogP contribution in [0.1, 0.15) is 19.8 Å². The minimum Gasteiger partial charge on any atom is -0.117 e. The van der Waals surface area contributed by atoms with Crippen LogP contribution in [0.25, 0.3) is 0 Å². The van der Waals surface area contributed by atoms with Crippen LogP contribution in [0.5, 0.6) is 0 Å². The van der Waals surface area contributed by atoms with Gasteiger partial charge in [-0.2, -0.15) is 0 Å². The van der Waals surface area contributed by atoms with E-state index in [4.69, 9.17) is 23.2 Å². The van der Waals surface area contributed by atoms with E-state index in [0.717, 1.165) is 16.9 Å². The van der Waals surface area contributed by atoms with Crippen molar-refractivity contribution in [1.29, 1.82) is 0 Å². The normalized spacial score (nSPS) is 49.2. The summed E-state index contributed by atoms with van der Waals surface area (Å²) in [5.74, 6) is 2.12. The van der Waals surface area contributed by atoms with Crippen molar-refractivity contribution in [3.8, 4) is 0 Å². The van der Waals surface area contributed by atoms with Crippen LogP contribution in [-0.4, -0.2) is 5.38 Å². The zero-order chi connectivity index (χ0) is 8.01. The molecule has 0 radical (unpaired) electrons. The minimum atomic E-state index is 0.102. The predicted molar refractivity (Wildman–Crippen MR) is 49.0 cm³/mol. The number of rotatable bonds is 0. The van der Waals surface area contributed by atoms with Crippen LogP contribution in [0.15, 0.2) is 11.1 Å². The summed E-state index contributed by atoms with van der Waals surface area (Å²) in [4.78, 5) is 0. The second-order valence-electron chi connectivity index (χ2n) is 3.83. The molecule has 0 nitrogen and oxygen atoms in total. The van der Waals surface area contributed by atoms with E-state index in [9.17, 15) is 0 Å². The second-order valence-corrected chi connectivity index (χ2v) is 4.73. The van der Waals surface area contributed by atoms with Gasteiger partial charge in [-0.25, -0.2) is 0 Å². The summed E-state index contributed by atoms with van der Waals surface area (Å²) in [5, 5.41) is 0.989. The molecule has 11 heavy (non-hydrogen) atoms. The molecule has 0 aliphatic heterocycles. The Morgan fingerprint density at radius 3 is 2.91 bits per heavy atom. The van der Waals surface area contributed by atoms with E-state index in [1.807, 2.05) is 0 Å². The Morgan fingerprint density at radius 1 is 1.45 bits per heavy atom. The second kappa shape index (κ2) is 2.67. The molecule has 0 spiro atoms. The van der Waals surface area contributed by atoms with E-state index in [-0.39, 0.29) is 5.38 Å². The zero-order valence-corrected chi connectivity index (χ0v) is 8.07. The van der Waals surface area contributed by atoms with E-state index < -0.39 is 0 Å². The number of hydrogen-bond donors (Lipinski definition) is 0. The van der Waals surface area contributed by atoms with E-state index in [1.165, 1.54) is 12.8 Å². The van der Waals surface area contributed by atoms with Crippen LogP contribution in [0.4, 0.5) is 0 Å². The third-order valence-electron chi connectivity index (χ3n) is 3.01. The molecule has 0 N–H and O–H groups in total. The Labute approximate surface area is 77.6 Å². The summed E-state index contributed by atoms with van der Waals surface area (Å²) in [6, 6.07) is 0. The molecule has 2 aliphatic rings. The summed E-state index contributed by atoms with van der Waals surface area (Å²) in [6.45, 7) is 2.28. The van der Waals surface area contributed by atoms with Crippen LogP contribution in [0.3, 0.4) is 0 Å². The molecule has 2 aliphatic carbocycles. The van der Waals surface area contributed by atoms with Gasteiger partial charge in [0.05, 0.1) is 5.38 Å². The highest BCUT2D eigenvalue weighted by molar-refractivity contribution is 6.37. The number of allylic oxidation sites excluding steroid dienone is 2. The van der Waals surface area contributed by atoms with Crippen LogP contribution in [-0.2, 0) is 0 Å². The SMILES string of the molecule is CC1CC2C=C(Cl)C(Cl)C1C2. The Kier molecular flexibility index (Phi) is 1.93. The van der Waals surface area contributed by atoms with Gasteiger partial charge in [0.2, 0.25) is 0 Å². The van der Waals surface area contributed by atoms with Crippen LogP contribution >= 0.6 is 23.2 Å². The highest BCUT2D eigenvalue weighted by Crippen LogP contribution is 2.47. The average Bonchev–Trinajstić information content (AvgIpc) is 2.24. The Balaban J connectivity index is 2.26. The van der Waals surface area contributed by atoms with Gasteiger partial charge in [-0.15, -0.1) is 11.6 Å². The van der Waals surface area contributed by atoms with Crippen molar-refractivity contribution in [2.75, 3.05) is 0 Å². The maximum Gasteiger partial charge on any atom is 0.0720 e. The van der Waals surface area contributed by atoms with Crippen molar-refractivity contribution in [1.82, 2.24) is 0 Å². The topological polar surface area (TPSA) is 0 Å². The lowest BCUT2D eigenvalue weighted by atomic mass is 9.91. The largest absolute Gasteiger partial charge is 0.117 e. The summed E-state index contributed by atoms with van der Waals surface area (Å²) in [5.41, 5.74) is 0. The van der Waals surface area contributed by atoms with E-state index in [1.54, 1.807) is 0 Å². The monoisotopic (exact) mass is 190 g/mol. The molecule has 62 valence electrons. The van der Waals surface area contributed by atoms with Gasteiger partial charge in [-0.1, -0.05) is 24.6 Å². The first-order chi connectivity index (χ1) is 5.18. The first-order valence-corrected chi connectivity index (χ1v) is 5.01. The van der Waals surface area contributed by atoms with Gasteiger partial charge < -0.3 is 0 Å². The van der Waals surface area contributed by atoms with Gasteiger partial charge in [-0.05, 0) is 30.6 Å². The predicted octanol–water partition coefficient (Wildman–Crippen LogP) is 3.39. The first kappa shape index (κ1) is 7.94. The first-order valence-electron chi connectivity index (χ1n) is 4.19. The number of alkyl halides is 1. The third-order valence-corrected chi connectivity index (χ3v) is 4.05. The average molecular weight is 191 g/mol. The van der Waals surface area contributed by atoms with Crippen LogP contribution in [0.2, 0.25) is 0 Å². The van der Waals surface area contributed by atoms with Gasteiger partial charge >= 0.3 is 0 Å². The number of fused-ring (bicyclic) bond motifs is 2. The van der Waals surface area contributed by atoms with Gasteiger partial charge in [0.15, 0.2) is 0 Å². The molecule has 0 aromatic carbocycles. The molecule has 2 heteroatoms. The molecule has 4 atom stereocenters. The molecule has 4 unspecified atom stereocenters. The van der Waals surface area contributed by atoms with Crippen molar-refractivity contribution >= 4 is 23.2 Å². The zero-order valence-electron chi connectivity index (χ0n) is 6.56. The van der Waals surface area contributed by atoms with Crippen molar-refractivity contribution < 1.29 is 0 Å². The van der Waals surface area contributed by atoms with Gasteiger partial charge in [-0.3, -0.25) is 0 Å². The van der Waals surface area contributed by atoms with E-state index >= 15 is 0 Å². The standard InChI is InChI=1S/C9H12Cl2/c1-5-2-6-3-7(5)9(11)8(10)4-6/h4-7,9H,2-3H2,1H3. The lowest BCUT2D eigenvalue weighted by molar-refractivity contribution is 0.423. The fourth-order valence-corrected chi connectivity index (χ4v) is 3.16. The molecule has 2 rings (SSSR count). The number of hydrogen-bond acceptors (Lipinski definition) is 0. The molecule has 0 saturated heterocycles. The maximum atomic E-state index is 6.15. The lowest BCUT2D eigenvalue weighted by Crippen LogP contribution is -2.19. The summed E-state index contributed by atoms with van der Waals surface area (Å²) >= 11 is 12.1. The fraction of sp³-hybridized carbons (Fsp3) is 0.778. The molecule has 2 bridgehead atoms. The quantitative estimate of drug-likeness (QED) is 0.515. The number of halogens is 2. The lowest BCUT2D eigenvalue weighted by Gasteiger charge is -2.23. The van der Waals surface area contributed by atoms with E-state index in [2.05, 4.69) is 13.0 Å². The summed E-state index contributed by atoms with van der Waals surface area (Å²) in [6.07, 6.45) is 4.69. The Bertz CT molecular complexity index is 198. The van der Waals surface area contributed by atoms with Crippen molar-refractivity contribution in [3.05, 3.63) is 11.1 Å². The summed E-state index contributed by atoms with van der Waals surface area (Å²) < 4.78 is 0. The Morgan fingerprint density at radius 2 is 2.18 bits per heavy atom. The molecule has 1 saturated carbocycles. The molecule has 0 aromatic heterocycles. The fourth-order valence-electron chi connectivity index (χ4n) is 2.40. The highest BCUT2D eigenvalue weighted by Gasteiger charge is 2.39. The molecular formula is C9H12Cl2. The van der Waals surface area contributed by atoms with Gasteiger partial charge in [0.25, 0.3) is 0 Å². The van der Waals surface area contributed by atoms with Crippen LogP contribution in [0, 0.1) is 17.8 Å². The molecule has 1 fully saturated rings. The van der Waals surface area contributed by atoms with Crippen molar-refractivity contribution in [2.45, 2.75) is 25.1 Å². The molecule has 0 heterocycles. The van der Waals surface area contributed by atoms with Crippen LogP contribution < -0.4 is 0 Å². The highest BCUT2D eigenvalue weighted by atomic mass is 35.5. The molecule has 0 aromatic rings. The molecule has 0 amide bonds. The minimum absolute atomic E-state index is 0.102. The Hall–Kier alpha value is 0.320. The summed E-state index contributed by atoms with van der Waals surface area (Å²) in [7, 11) is 0. The third kappa shape index (κ3) is 1.21. The van der Waals surface area contributed by atoms with Crippen molar-refractivity contribution in [3.63, 3.8) is 0 Å². The van der Waals surface area contributed by atoms with Crippen molar-refractivity contribution in [2.24, 2.45) is 17.8 Å². The van der Waals surface area contributed by atoms with Gasteiger partial charge in [0, 0.05) is 5.03 Å².